The Hall–Kier alpha value is -3.97. The van der Waals surface area contributed by atoms with Crippen LogP contribution in [-0.2, 0) is 22.9 Å². The fourth-order valence-corrected chi connectivity index (χ4v) is 5.63. The van der Waals surface area contributed by atoms with Crippen molar-refractivity contribution in [3.8, 4) is 0 Å². The highest BCUT2D eigenvalue weighted by atomic mass is 32.2. The number of nitrogens with one attached hydrogen (secondary N) is 1. The zero-order valence-electron chi connectivity index (χ0n) is 19.5. The van der Waals surface area contributed by atoms with E-state index in [0.29, 0.717) is 11.3 Å². The summed E-state index contributed by atoms with van der Waals surface area (Å²) in [6.45, 7) is 1.90. The van der Waals surface area contributed by atoms with E-state index < -0.39 is 10.0 Å². The normalized spacial score (nSPS) is 12.9. The quantitative estimate of drug-likeness (QED) is 0.315. The number of aryl methyl sites for hydroxylation is 3. The van der Waals surface area contributed by atoms with Crippen molar-refractivity contribution < 1.29 is 13.2 Å². The molecule has 1 aliphatic rings. The van der Waals surface area contributed by atoms with E-state index in [1.165, 1.54) is 27.9 Å². The Bertz CT molecular complexity index is 1550. The number of carbonyl (C=O) groups is 1. The second kappa shape index (κ2) is 9.00. The van der Waals surface area contributed by atoms with E-state index in [-0.39, 0.29) is 10.8 Å². The van der Waals surface area contributed by atoms with Crippen molar-refractivity contribution >= 4 is 38.6 Å². The fourth-order valence-electron chi connectivity index (χ4n) is 4.44. The molecule has 1 aliphatic carbocycles. The average molecular weight is 484 g/mol. The summed E-state index contributed by atoms with van der Waals surface area (Å²) in [5.74, 6) is -0.372. The summed E-state index contributed by atoms with van der Waals surface area (Å²) < 4.78 is 27.0. The third kappa shape index (κ3) is 4.31. The van der Waals surface area contributed by atoms with Gasteiger partial charge in [-0.15, -0.1) is 0 Å². The van der Waals surface area contributed by atoms with Gasteiger partial charge in [-0.2, -0.15) is 5.10 Å². The molecule has 6 nitrogen and oxygen atoms in total. The zero-order chi connectivity index (χ0) is 24.6. The van der Waals surface area contributed by atoms with Gasteiger partial charge in [0.05, 0.1) is 16.8 Å². The van der Waals surface area contributed by atoms with Crippen molar-refractivity contribution in [1.29, 1.82) is 0 Å². The van der Waals surface area contributed by atoms with Crippen LogP contribution in [0.2, 0.25) is 0 Å². The Labute approximate surface area is 205 Å². The van der Waals surface area contributed by atoms with Gasteiger partial charge < -0.3 is 0 Å². The van der Waals surface area contributed by atoms with Crippen molar-refractivity contribution in [2.24, 2.45) is 5.10 Å². The smallest absolute Gasteiger partial charge is 0.269 e. The van der Waals surface area contributed by atoms with Crippen LogP contribution in [0.5, 0.6) is 0 Å². The number of amides is 1. The molecule has 0 unspecified atom stereocenters. The molecule has 0 saturated heterocycles. The second-order valence-corrected chi connectivity index (χ2v) is 10.7. The predicted octanol–water partition coefficient (Wildman–Crippen LogP) is 4.84. The number of anilines is 1. The highest BCUT2D eigenvalue weighted by Crippen LogP contribution is 2.32. The average Bonchev–Trinajstić information content (AvgIpc) is 3.30. The summed E-state index contributed by atoms with van der Waals surface area (Å²) in [6.07, 6.45) is 3.78. The Kier molecular flexibility index (Phi) is 5.86. The van der Waals surface area contributed by atoms with Crippen LogP contribution in [0.4, 0.5) is 5.69 Å². The number of hydrazone groups is 1. The van der Waals surface area contributed by atoms with Crippen LogP contribution in [0.25, 0.3) is 10.8 Å². The molecule has 0 atom stereocenters. The minimum atomic E-state index is -3.70. The first-order valence-electron chi connectivity index (χ1n) is 11.4. The van der Waals surface area contributed by atoms with E-state index in [1.54, 1.807) is 54.7 Å². The Morgan fingerprint density at radius 3 is 2.31 bits per heavy atom. The van der Waals surface area contributed by atoms with Gasteiger partial charge in [0.15, 0.2) is 0 Å². The van der Waals surface area contributed by atoms with Gasteiger partial charge in [0.1, 0.15) is 0 Å². The van der Waals surface area contributed by atoms with Crippen LogP contribution in [-0.4, -0.2) is 27.6 Å². The molecule has 0 radical (unpaired) electrons. The number of nitrogens with zero attached hydrogens (tertiary/aromatic N) is 2. The first-order chi connectivity index (χ1) is 16.8. The molecule has 0 aliphatic heterocycles. The molecule has 0 saturated carbocycles. The molecule has 0 heterocycles. The molecule has 4 aromatic carbocycles. The van der Waals surface area contributed by atoms with E-state index >= 15 is 0 Å². The third-order valence-electron chi connectivity index (χ3n) is 6.45. The molecule has 4 aromatic rings. The number of sulfonamides is 1. The van der Waals surface area contributed by atoms with Gasteiger partial charge in [0.25, 0.3) is 15.9 Å². The maximum Gasteiger partial charge on any atom is 0.271 e. The number of hydrogen-bond donors (Lipinski definition) is 1. The van der Waals surface area contributed by atoms with Gasteiger partial charge in [-0.25, -0.2) is 13.8 Å². The largest absolute Gasteiger partial charge is 0.271 e. The maximum absolute atomic E-state index is 12.9. The molecule has 0 fully saturated rings. The molecule has 1 amide bonds. The maximum atomic E-state index is 12.9. The van der Waals surface area contributed by atoms with Gasteiger partial charge in [0, 0.05) is 18.2 Å². The topological polar surface area (TPSA) is 78.8 Å². The third-order valence-corrected chi connectivity index (χ3v) is 8.25. The Morgan fingerprint density at radius 1 is 0.914 bits per heavy atom. The van der Waals surface area contributed by atoms with Crippen LogP contribution >= 0.6 is 0 Å². The van der Waals surface area contributed by atoms with Crippen LogP contribution in [0.3, 0.4) is 0 Å². The van der Waals surface area contributed by atoms with Crippen molar-refractivity contribution in [3.05, 3.63) is 107 Å². The van der Waals surface area contributed by atoms with Gasteiger partial charge in [-0.1, -0.05) is 48.0 Å². The number of hydrogen-bond acceptors (Lipinski definition) is 4. The molecule has 35 heavy (non-hydrogen) atoms. The van der Waals surface area contributed by atoms with Gasteiger partial charge >= 0.3 is 0 Å². The lowest BCUT2D eigenvalue weighted by Gasteiger charge is -2.19. The molecule has 7 heteroatoms. The lowest BCUT2D eigenvalue weighted by molar-refractivity contribution is 0.0955. The van der Waals surface area contributed by atoms with Gasteiger partial charge in [-0.05, 0) is 78.1 Å². The van der Waals surface area contributed by atoms with E-state index in [0.717, 1.165) is 29.4 Å². The highest BCUT2D eigenvalue weighted by Gasteiger charge is 2.21. The summed E-state index contributed by atoms with van der Waals surface area (Å²) in [5.41, 5.74) is 8.05. The lowest BCUT2D eigenvalue weighted by Crippen LogP contribution is -2.26. The van der Waals surface area contributed by atoms with Crippen molar-refractivity contribution in [2.75, 3.05) is 11.4 Å². The fraction of sp³-hybridized carbons (Fsp3) is 0.143. The summed E-state index contributed by atoms with van der Waals surface area (Å²) in [6, 6.07) is 23.5. The standard InChI is InChI=1S/C28H25N3O3S/c1-19-6-16-25(17-7-19)35(33,34)31(2)24-14-12-22(13-15-24)28(32)30-29-18-23-11-10-21-9-8-20-4-3-5-26(23)27(20)21/h3-7,10-18H,8-9H2,1-2H3,(H,30,32)/b29-18-. The molecular weight excluding hydrogens is 458 g/mol. The minimum Gasteiger partial charge on any atom is -0.269 e. The second-order valence-electron chi connectivity index (χ2n) is 8.69. The minimum absolute atomic E-state index is 0.213. The summed E-state index contributed by atoms with van der Waals surface area (Å²) in [5, 5.41) is 6.59. The number of carbonyl (C=O) groups excluding carboxylic acids is 1. The number of benzene rings is 4. The molecule has 176 valence electrons. The van der Waals surface area contributed by atoms with Crippen molar-refractivity contribution in [1.82, 2.24) is 5.43 Å². The molecule has 0 bridgehead atoms. The van der Waals surface area contributed by atoms with Crippen LogP contribution in [0, 0.1) is 6.92 Å². The molecular formula is C28H25N3O3S. The first kappa shape index (κ1) is 22.8. The summed E-state index contributed by atoms with van der Waals surface area (Å²) in [7, 11) is -2.20. The van der Waals surface area contributed by atoms with Crippen molar-refractivity contribution in [2.45, 2.75) is 24.7 Å². The summed E-state index contributed by atoms with van der Waals surface area (Å²) in [4.78, 5) is 12.8. The molecule has 0 spiro atoms. The predicted molar refractivity (Wildman–Crippen MR) is 140 cm³/mol. The lowest BCUT2D eigenvalue weighted by atomic mass is 10.0. The van der Waals surface area contributed by atoms with Gasteiger partial charge in [0.2, 0.25) is 0 Å². The van der Waals surface area contributed by atoms with Crippen LogP contribution in [0.15, 0.2) is 88.9 Å². The van der Waals surface area contributed by atoms with Crippen LogP contribution in [0.1, 0.15) is 32.6 Å². The Balaban J connectivity index is 1.29. The van der Waals surface area contributed by atoms with E-state index in [2.05, 4.69) is 34.8 Å². The van der Waals surface area contributed by atoms with Crippen LogP contribution < -0.4 is 9.73 Å². The zero-order valence-corrected chi connectivity index (χ0v) is 20.3. The van der Waals surface area contributed by atoms with E-state index in [4.69, 9.17) is 0 Å². The summed E-state index contributed by atoms with van der Waals surface area (Å²) >= 11 is 0. The monoisotopic (exact) mass is 483 g/mol. The molecule has 5 rings (SSSR count). The van der Waals surface area contributed by atoms with E-state index in [9.17, 15) is 13.2 Å². The highest BCUT2D eigenvalue weighted by molar-refractivity contribution is 7.92. The van der Waals surface area contributed by atoms with Crippen molar-refractivity contribution in [3.63, 3.8) is 0 Å². The Morgan fingerprint density at radius 2 is 1.60 bits per heavy atom. The van der Waals surface area contributed by atoms with Gasteiger partial charge in [-0.3, -0.25) is 9.10 Å². The molecule has 0 aromatic heterocycles. The number of rotatable bonds is 6. The molecule has 1 N–H and O–H groups in total. The SMILES string of the molecule is Cc1ccc(S(=O)(=O)N(C)c2ccc(C(=O)N/N=C\c3ccc4c5c(cccc35)CC4)cc2)cc1. The first-order valence-corrected chi connectivity index (χ1v) is 12.8. The van der Waals surface area contributed by atoms with E-state index in [1.807, 2.05) is 13.0 Å².